The fraction of sp³-hybridized carbons (Fsp3) is 0.870. The molecule has 0 radical (unpaired) electrons. The molecule has 4 saturated carbocycles. The highest BCUT2D eigenvalue weighted by Crippen LogP contribution is 2.64. The molecular weight excluding hydrogens is 402 g/mol. The highest BCUT2D eigenvalue weighted by Gasteiger charge is 2.61. The van der Waals surface area contributed by atoms with Crippen LogP contribution in [-0.4, -0.2) is 37.0 Å². The van der Waals surface area contributed by atoms with Crippen molar-refractivity contribution in [3.63, 3.8) is 0 Å². The van der Waals surface area contributed by atoms with E-state index >= 15 is 0 Å². The molecule has 0 heterocycles. The van der Waals surface area contributed by atoms with Crippen LogP contribution in [-0.2, 0) is 14.5 Å². The molecule has 170 valence electrons. The Morgan fingerprint density at radius 1 is 1.07 bits per heavy atom. The van der Waals surface area contributed by atoms with Crippen LogP contribution in [0.15, 0.2) is 10.3 Å². The van der Waals surface area contributed by atoms with Gasteiger partial charge in [0.1, 0.15) is 19.0 Å². The summed E-state index contributed by atoms with van der Waals surface area (Å²) in [5.41, 5.74) is 7.92. The van der Waals surface area contributed by atoms with Crippen LogP contribution in [0.3, 0.4) is 0 Å². The zero-order chi connectivity index (χ0) is 20.6. The van der Waals surface area contributed by atoms with Gasteiger partial charge in [-0.25, -0.2) is 0 Å². The number of carbonyl (C=O) groups excluding carboxylic acids is 1. The van der Waals surface area contributed by atoms with E-state index < -0.39 is 0 Å². The van der Waals surface area contributed by atoms with Crippen molar-refractivity contribution in [1.82, 2.24) is 0 Å². The zero-order valence-electron chi connectivity index (χ0n) is 18.7. The molecular formula is C23H38ClN3O3. The maximum absolute atomic E-state index is 12.7. The number of rotatable bonds is 5. The minimum absolute atomic E-state index is 0. The summed E-state index contributed by atoms with van der Waals surface area (Å²) in [4.78, 5) is 23.7. The van der Waals surface area contributed by atoms with Crippen LogP contribution in [0.25, 0.3) is 0 Å². The van der Waals surface area contributed by atoms with E-state index in [2.05, 4.69) is 24.2 Å². The molecule has 0 aromatic heterocycles. The second-order valence-electron chi connectivity index (χ2n) is 10.0. The Kier molecular flexibility index (Phi) is 7.18. The molecule has 6 atom stereocenters. The molecule has 0 aliphatic heterocycles. The minimum Gasteiger partial charge on any atom is -0.396 e. The first-order valence-corrected chi connectivity index (χ1v) is 11.5. The summed E-state index contributed by atoms with van der Waals surface area (Å²) >= 11 is 0. The average molecular weight is 440 g/mol. The van der Waals surface area contributed by atoms with E-state index in [-0.39, 0.29) is 23.2 Å². The summed E-state index contributed by atoms with van der Waals surface area (Å²) in [7, 11) is 0. The molecule has 7 heteroatoms. The van der Waals surface area contributed by atoms with Crippen molar-refractivity contribution in [2.75, 3.05) is 19.8 Å². The second kappa shape index (κ2) is 9.15. The maximum atomic E-state index is 12.7. The van der Waals surface area contributed by atoms with Crippen LogP contribution in [0.5, 0.6) is 0 Å². The van der Waals surface area contributed by atoms with E-state index in [9.17, 15) is 4.79 Å². The van der Waals surface area contributed by atoms with Gasteiger partial charge in [0.15, 0.2) is 0 Å². The average Bonchev–Trinajstić information content (AvgIpc) is 3.01. The predicted molar refractivity (Wildman–Crippen MR) is 121 cm³/mol. The number of hydrogen-bond acceptors (Lipinski definition) is 6. The molecule has 0 spiro atoms. The van der Waals surface area contributed by atoms with E-state index in [1.165, 1.54) is 5.71 Å². The van der Waals surface area contributed by atoms with Gasteiger partial charge < -0.3 is 15.4 Å². The normalized spacial score (nSPS) is 42.9. The molecule has 4 aliphatic carbocycles. The smallest absolute Gasteiger partial charge is 0.139 e. The van der Waals surface area contributed by atoms with Crippen molar-refractivity contribution in [1.29, 1.82) is 0 Å². The molecule has 0 aromatic rings. The van der Waals surface area contributed by atoms with Crippen LogP contribution >= 0.6 is 12.4 Å². The summed E-state index contributed by atoms with van der Waals surface area (Å²) < 4.78 is 0. The maximum Gasteiger partial charge on any atom is 0.139 e. The Morgan fingerprint density at radius 3 is 2.60 bits per heavy atom. The predicted octanol–water partition coefficient (Wildman–Crippen LogP) is 4.35. The van der Waals surface area contributed by atoms with Gasteiger partial charge in [0.2, 0.25) is 0 Å². The van der Waals surface area contributed by atoms with Gasteiger partial charge in [-0.2, -0.15) is 0 Å². The number of carbonyl (C=O) groups is 1. The first-order valence-electron chi connectivity index (χ1n) is 11.5. The molecule has 4 aliphatic rings. The summed E-state index contributed by atoms with van der Waals surface area (Å²) in [6.07, 6.45) is 7.98. The highest BCUT2D eigenvalue weighted by molar-refractivity contribution is 5.96. The van der Waals surface area contributed by atoms with Crippen LogP contribution in [0.1, 0.15) is 72.1 Å². The first-order chi connectivity index (χ1) is 13.9. The number of fused-ring (bicyclic) bond motifs is 5. The van der Waals surface area contributed by atoms with Crippen molar-refractivity contribution < 1.29 is 14.5 Å². The van der Waals surface area contributed by atoms with Gasteiger partial charge in [0.25, 0.3) is 0 Å². The number of halogens is 1. The van der Waals surface area contributed by atoms with E-state index in [1.54, 1.807) is 0 Å². The van der Waals surface area contributed by atoms with E-state index in [1.807, 2.05) is 6.92 Å². The van der Waals surface area contributed by atoms with E-state index in [4.69, 9.17) is 15.4 Å². The number of ketones is 1. The Bertz CT molecular complexity index is 712. The van der Waals surface area contributed by atoms with Crippen molar-refractivity contribution in [3.8, 4) is 0 Å². The van der Waals surface area contributed by atoms with Crippen molar-refractivity contribution in [2.24, 2.45) is 50.5 Å². The molecule has 0 aromatic carbocycles. The summed E-state index contributed by atoms with van der Waals surface area (Å²) in [5, 5.41) is 9.01. The third kappa shape index (κ3) is 3.79. The lowest BCUT2D eigenvalue weighted by molar-refractivity contribution is -0.133. The molecule has 0 amide bonds. The zero-order valence-corrected chi connectivity index (χ0v) is 19.5. The Balaban J connectivity index is 0.00000256. The van der Waals surface area contributed by atoms with Crippen LogP contribution < -0.4 is 5.73 Å². The number of nitrogens with two attached hydrogens (primary N) is 1. The fourth-order valence-corrected chi connectivity index (χ4v) is 7.17. The quantitative estimate of drug-likeness (QED) is 0.509. The molecule has 4 fully saturated rings. The van der Waals surface area contributed by atoms with Gasteiger partial charge in [-0.3, -0.25) is 4.79 Å². The Hall–Kier alpha value is -1.14. The lowest BCUT2D eigenvalue weighted by Crippen LogP contribution is -2.56. The van der Waals surface area contributed by atoms with E-state index in [0.717, 1.165) is 57.1 Å². The first kappa shape index (κ1) is 23.5. The number of hydrogen-bond donors (Lipinski definition) is 1. The van der Waals surface area contributed by atoms with Gasteiger partial charge >= 0.3 is 0 Å². The molecule has 1 unspecified atom stereocenters. The lowest BCUT2D eigenvalue weighted by Gasteiger charge is -2.59. The molecule has 30 heavy (non-hydrogen) atoms. The number of nitrogens with zero attached hydrogens (tertiary/aromatic N) is 2. The monoisotopic (exact) mass is 439 g/mol. The summed E-state index contributed by atoms with van der Waals surface area (Å²) in [5.74, 6) is 2.55. The van der Waals surface area contributed by atoms with Crippen molar-refractivity contribution >= 4 is 29.6 Å². The van der Waals surface area contributed by atoms with Crippen LogP contribution in [0, 0.1) is 34.5 Å². The highest BCUT2D eigenvalue weighted by atomic mass is 35.5. The Morgan fingerprint density at radius 2 is 1.87 bits per heavy atom. The third-order valence-electron chi connectivity index (χ3n) is 8.74. The van der Waals surface area contributed by atoms with Gasteiger partial charge in [0.05, 0.1) is 11.4 Å². The molecule has 4 rings (SSSR count). The summed E-state index contributed by atoms with van der Waals surface area (Å²) in [6, 6.07) is 0. The molecule has 0 bridgehead atoms. The van der Waals surface area contributed by atoms with Gasteiger partial charge in [0, 0.05) is 24.3 Å². The van der Waals surface area contributed by atoms with Gasteiger partial charge in [-0.05, 0) is 75.0 Å². The van der Waals surface area contributed by atoms with Crippen molar-refractivity contribution in [2.45, 2.75) is 72.1 Å². The van der Waals surface area contributed by atoms with Gasteiger partial charge in [-0.15, -0.1) is 12.4 Å². The molecule has 6 nitrogen and oxygen atoms in total. The largest absolute Gasteiger partial charge is 0.396 e. The Labute approximate surface area is 186 Å². The molecule has 0 saturated heterocycles. The summed E-state index contributed by atoms with van der Waals surface area (Å²) in [6.45, 7) is 8.21. The van der Waals surface area contributed by atoms with Crippen LogP contribution in [0.4, 0.5) is 0 Å². The van der Waals surface area contributed by atoms with Gasteiger partial charge in [-0.1, -0.05) is 24.2 Å². The number of Topliss-reactive ketones (excluding diaryl/α,β-unsaturated/α-hetero) is 1. The minimum atomic E-state index is -0.113. The van der Waals surface area contributed by atoms with Crippen molar-refractivity contribution in [3.05, 3.63) is 0 Å². The number of oxime groups is 2. The van der Waals surface area contributed by atoms with Crippen LogP contribution in [0.2, 0.25) is 0 Å². The topological polar surface area (TPSA) is 86.3 Å². The standard InChI is InChI=1S/C23H37N3O3.ClH/c1-4-28-26-20-14-16-17-5-6-21(27)23(17,3)10-8-18(16)22(2)9-7-15(13-19(20)22)25-29-12-11-24;/h16-19H,4-14,24H2,1-3H3;1H/b25-15-,26-20+;/t16-,17-,18-,19?,22+,23-;/m0./s1. The lowest BCUT2D eigenvalue weighted by atomic mass is 9.45. The molecule has 2 N–H and O–H groups in total. The fourth-order valence-electron chi connectivity index (χ4n) is 7.17. The van der Waals surface area contributed by atoms with E-state index in [0.29, 0.717) is 49.2 Å². The second-order valence-corrected chi connectivity index (χ2v) is 10.0. The SMILES string of the molecule is CCO/N=C1\C[C@@H]2[C@H](CC[C@]3(C)C(=O)CC[C@@H]23)[C@@]2(C)CC/C(=N/OCCN)CC12.Cl. The third-order valence-corrected chi connectivity index (χ3v) is 8.74.